The summed E-state index contributed by atoms with van der Waals surface area (Å²) >= 11 is 1.68. The first-order chi connectivity index (χ1) is 7.29. The maximum Gasteiger partial charge on any atom is 0.316 e. The third kappa shape index (κ3) is 1.51. The molecule has 0 amide bonds. The molecule has 92 valence electrons. The van der Waals surface area contributed by atoms with E-state index in [1.165, 1.54) is 19.3 Å². The van der Waals surface area contributed by atoms with Crippen molar-refractivity contribution in [2.24, 2.45) is 16.7 Å². The molecule has 2 bridgehead atoms. The topological polar surface area (TPSA) is 37.3 Å². The number of carboxylic acid groups (broad SMARTS) is 1. The minimum atomic E-state index is -0.672. The molecule has 0 radical (unpaired) electrons. The lowest BCUT2D eigenvalue weighted by Gasteiger charge is -2.39. The number of hydrogen-bond donors (Lipinski definition) is 1. The number of aliphatic carboxylic acids is 1. The molecule has 3 heteroatoms. The van der Waals surface area contributed by atoms with Gasteiger partial charge in [0.25, 0.3) is 0 Å². The molecular formula is C13H22O2S. The van der Waals surface area contributed by atoms with Crippen LogP contribution in [-0.2, 0) is 4.79 Å². The average molecular weight is 242 g/mol. The minimum absolute atomic E-state index is 0.267. The predicted octanol–water partition coefficient (Wildman–Crippen LogP) is 3.41. The first kappa shape index (κ1) is 12.3. The van der Waals surface area contributed by atoms with Crippen LogP contribution in [0.4, 0.5) is 0 Å². The molecule has 2 rings (SSSR count). The maximum absolute atomic E-state index is 10.9. The van der Waals surface area contributed by atoms with Crippen LogP contribution in [0.1, 0.15) is 47.0 Å². The zero-order valence-electron chi connectivity index (χ0n) is 10.6. The first-order valence-electron chi connectivity index (χ1n) is 6.17. The maximum atomic E-state index is 10.9. The second-order valence-electron chi connectivity index (χ2n) is 6.22. The number of fused-ring (bicyclic) bond motifs is 2. The number of thioether (sulfide) groups is 1. The van der Waals surface area contributed by atoms with Crippen LogP contribution in [0, 0.1) is 16.7 Å². The summed E-state index contributed by atoms with van der Waals surface area (Å²) in [5, 5.41) is 9.27. The molecular weight excluding hydrogens is 220 g/mol. The summed E-state index contributed by atoms with van der Waals surface area (Å²) in [4.78, 5) is 10.9. The SMILES string of the molecule is CC(SC1CC2CCC1(C)C2(C)C)C(=O)O. The number of rotatable bonds is 3. The molecule has 2 fully saturated rings. The van der Waals surface area contributed by atoms with E-state index in [-0.39, 0.29) is 5.25 Å². The Bertz CT molecular complexity index is 313. The van der Waals surface area contributed by atoms with Crippen LogP contribution in [0.15, 0.2) is 0 Å². The largest absolute Gasteiger partial charge is 0.480 e. The Labute approximate surface area is 102 Å². The Balaban J connectivity index is 2.13. The van der Waals surface area contributed by atoms with Crippen LogP contribution in [0.25, 0.3) is 0 Å². The van der Waals surface area contributed by atoms with E-state index in [2.05, 4.69) is 20.8 Å². The molecule has 0 aromatic rings. The summed E-state index contributed by atoms with van der Waals surface area (Å²) in [7, 11) is 0. The second-order valence-corrected chi connectivity index (χ2v) is 7.76. The van der Waals surface area contributed by atoms with E-state index in [4.69, 9.17) is 5.11 Å². The molecule has 1 N–H and O–H groups in total. The summed E-state index contributed by atoms with van der Waals surface area (Å²) < 4.78 is 0. The van der Waals surface area contributed by atoms with Crippen molar-refractivity contribution in [1.29, 1.82) is 0 Å². The highest BCUT2D eigenvalue weighted by Gasteiger charge is 2.61. The van der Waals surface area contributed by atoms with E-state index in [1.54, 1.807) is 11.8 Å². The van der Waals surface area contributed by atoms with Gasteiger partial charge in [-0.15, -0.1) is 11.8 Å². The molecule has 0 saturated heterocycles. The molecule has 2 saturated carbocycles. The number of carboxylic acids is 1. The molecule has 4 atom stereocenters. The van der Waals surface area contributed by atoms with Gasteiger partial charge in [0, 0.05) is 5.25 Å². The third-order valence-corrected chi connectivity index (χ3v) is 7.08. The van der Waals surface area contributed by atoms with Gasteiger partial charge in [-0.05, 0) is 42.9 Å². The summed E-state index contributed by atoms with van der Waals surface area (Å²) in [6, 6.07) is 0. The van der Waals surface area contributed by atoms with Crippen molar-refractivity contribution in [3.05, 3.63) is 0 Å². The van der Waals surface area contributed by atoms with Crippen molar-refractivity contribution in [3.63, 3.8) is 0 Å². The Morgan fingerprint density at radius 1 is 1.44 bits per heavy atom. The van der Waals surface area contributed by atoms with E-state index < -0.39 is 5.97 Å². The summed E-state index contributed by atoms with van der Waals surface area (Å²) in [6.07, 6.45) is 3.82. The Morgan fingerprint density at radius 2 is 2.06 bits per heavy atom. The van der Waals surface area contributed by atoms with Gasteiger partial charge in [-0.2, -0.15) is 0 Å². The zero-order chi connectivity index (χ0) is 12.1. The molecule has 2 nitrogen and oxygen atoms in total. The Hall–Kier alpha value is -0.180. The van der Waals surface area contributed by atoms with E-state index in [0.29, 0.717) is 16.1 Å². The van der Waals surface area contributed by atoms with Crippen molar-refractivity contribution >= 4 is 17.7 Å². The van der Waals surface area contributed by atoms with Crippen LogP contribution < -0.4 is 0 Å². The van der Waals surface area contributed by atoms with Gasteiger partial charge >= 0.3 is 5.97 Å². The van der Waals surface area contributed by atoms with Crippen molar-refractivity contribution in [1.82, 2.24) is 0 Å². The first-order valence-corrected chi connectivity index (χ1v) is 7.11. The van der Waals surface area contributed by atoms with Crippen LogP contribution in [0.2, 0.25) is 0 Å². The van der Waals surface area contributed by atoms with Crippen molar-refractivity contribution in [3.8, 4) is 0 Å². The summed E-state index contributed by atoms with van der Waals surface area (Å²) in [5.74, 6) is 0.130. The number of hydrogen-bond acceptors (Lipinski definition) is 2. The van der Waals surface area contributed by atoms with Crippen LogP contribution in [0.5, 0.6) is 0 Å². The van der Waals surface area contributed by atoms with E-state index in [0.717, 1.165) is 5.92 Å². The van der Waals surface area contributed by atoms with Gasteiger partial charge < -0.3 is 5.11 Å². The van der Waals surface area contributed by atoms with Gasteiger partial charge in [0.1, 0.15) is 0 Å². The lowest BCUT2D eigenvalue weighted by Crippen LogP contribution is -2.35. The van der Waals surface area contributed by atoms with Gasteiger partial charge in [-0.1, -0.05) is 20.8 Å². The minimum Gasteiger partial charge on any atom is -0.480 e. The zero-order valence-corrected chi connectivity index (χ0v) is 11.4. The van der Waals surface area contributed by atoms with Crippen molar-refractivity contribution in [2.45, 2.75) is 57.5 Å². The highest BCUT2D eigenvalue weighted by atomic mass is 32.2. The van der Waals surface area contributed by atoms with Gasteiger partial charge in [0.2, 0.25) is 0 Å². The Kier molecular flexibility index (Phi) is 2.81. The molecule has 16 heavy (non-hydrogen) atoms. The molecule has 4 unspecified atom stereocenters. The van der Waals surface area contributed by atoms with E-state index in [9.17, 15) is 4.79 Å². The Morgan fingerprint density at radius 3 is 2.44 bits per heavy atom. The molecule has 0 aliphatic heterocycles. The van der Waals surface area contributed by atoms with Crippen LogP contribution in [-0.4, -0.2) is 21.6 Å². The molecule has 0 aromatic carbocycles. The normalized spacial score (nSPS) is 42.2. The van der Waals surface area contributed by atoms with E-state index in [1.807, 2.05) is 6.92 Å². The van der Waals surface area contributed by atoms with Crippen LogP contribution >= 0.6 is 11.8 Å². The average Bonchev–Trinajstić information content (AvgIpc) is 2.50. The molecule has 2 aliphatic carbocycles. The lowest BCUT2D eigenvalue weighted by molar-refractivity contribution is -0.136. The summed E-state index contributed by atoms with van der Waals surface area (Å²) in [6.45, 7) is 8.93. The van der Waals surface area contributed by atoms with Gasteiger partial charge in [-0.3, -0.25) is 4.79 Å². The second kappa shape index (κ2) is 3.66. The predicted molar refractivity (Wildman–Crippen MR) is 67.7 cm³/mol. The molecule has 0 heterocycles. The van der Waals surface area contributed by atoms with E-state index >= 15 is 0 Å². The van der Waals surface area contributed by atoms with Gasteiger partial charge in [0.05, 0.1) is 5.25 Å². The fraction of sp³-hybridized carbons (Fsp3) is 0.923. The van der Waals surface area contributed by atoms with Crippen molar-refractivity contribution in [2.75, 3.05) is 0 Å². The summed E-state index contributed by atoms with van der Waals surface area (Å²) in [5.41, 5.74) is 0.731. The highest BCUT2D eigenvalue weighted by Crippen LogP contribution is 2.68. The number of carbonyl (C=O) groups is 1. The molecule has 0 spiro atoms. The molecule has 2 aliphatic rings. The smallest absolute Gasteiger partial charge is 0.316 e. The molecule has 0 aromatic heterocycles. The van der Waals surface area contributed by atoms with Crippen LogP contribution in [0.3, 0.4) is 0 Å². The monoisotopic (exact) mass is 242 g/mol. The quantitative estimate of drug-likeness (QED) is 0.824. The highest BCUT2D eigenvalue weighted by molar-refractivity contribution is 8.01. The lowest BCUT2D eigenvalue weighted by atomic mass is 9.71. The van der Waals surface area contributed by atoms with Gasteiger partial charge in [-0.25, -0.2) is 0 Å². The third-order valence-electron chi connectivity index (χ3n) is 5.43. The van der Waals surface area contributed by atoms with Crippen molar-refractivity contribution < 1.29 is 9.90 Å². The fourth-order valence-corrected chi connectivity index (χ4v) is 5.32. The standard InChI is InChI=1S/C13H22O2S/c1-8(11(14)15)16-10-7-9-5-6-13(10,4)12(9,2)3/h8-10H,5-7H2,1-4H3,(H,14,15). The fourth-order valence-electron chi connectivity index (χ4n) is 3.64. The van der Waals surface area contributed by atoms with Gasteiger partial charge in [0.15, 0.2) is 0 Å².